The Hall–Kier alpha value is -1.61. The molecule has 0 unspecified atom stereocenters. The average Bonchev–Trinajstić information content (AvgIpc) is 2.82. The highest BCUT2D eigenvalue weighted by molar-refractivity contribution is 5.36. The zero-order chi connectivity index (χ0) is 12.3. The van der Waals surface area contributed by atoms with Crippen LogP contribution in [0.4, 0.5) is 0 Å². The predicted molar refractivity (Wildman–Crippen MR) is 68.2 cm³/mol. The van der Waals surface area contributed by atoms with Gasteiger partial charge in [-0.25, -0.2) is 4.68 Å². The van der Waals surface area contributed by atoms with Crippen LogP contribution in [-0.2, 0) is 19.4 Å². The maximum Gasteiger partial charge on any atom is 0.0681 e. The molecule has 0 radical (unpaired) electrons. The van der Waals surface area contributed by atoms with E-state index < -0.39 is 0 Å². The first-order valence-electron chi connectivity index (χ1n) is 6.06. The number of nitrogens with zero attached hydrogens (tertiary/aromatic N) is 2. The molecule has 3 nitrogen and oxygen atoms in total. The van der Waals surface area contributed by atoms with Crippen molar-refractivity contribution >= 4 is 0 Å². The number of hydrogen-bond acceptors (Lipinski definition) is 2. The zero-order valence-corrected chi connectivity index (χ0v) is 10.3. The van der Waals surface area contributed by atoms with Crippen LogP contribution < -0.4 is 0 Å². The number of aromatic nitrogens is 2. The van der Waals surface area contributed by atoms with Crippen LogP contribution >= 0.6 is 0 Å². The molecule has 0 aliphatic carbocycles. The summed E-state index contributed by atoms with van der Waals surface area (Å²) < 4.78 is 1.99. The van der Waals surface area contributed by atoms with Gasteiger partial charge in [0.1, 0.15) is 0 Å². The number of aliphatic hydroxyl groups excluding tert-OH is 1. The molecule has 17 heavy (non-hydrogen) atoms. The van der Waals surface area contributed by atoms with Crippen molar-refractivity contribution in [3.63, 3.8) is 0 Å². The van der Waals surface area contributed by atoms with Gasteiger partial charge in [0.2, 0.25) is 0 Å². The number of aliphatic hydroxyl groups is 1. The van der Waals surface area contributed by atoms with Crippen molar-refractivity contribution in [2.75, 3.05) is 0 Å². The predicted octanol–water partition coefficient (Wildman–Crippen LogP) is 2.49. The summed E-state index contributed by atoms with van der Waals surface area (Å²) >= 11 is 0. The molecule has 2 rings (SSSR count). The van der Waals surface area contributed by atoms with Gasteiger partial charge < -0.3 is 5.11 Å². The summed E-state index contributed by atoms with van der Waals surface area (Å²) in [6.45, 7) is 4.33. The first-order chi connectivity index (χ1) is 8.28. The van der Waals surface area contributed by atoms with Crippen LogP contribution in [0.25, 0.3) is 5.69 Å². The topological polar surface area (TPSA) is 38.0 Å². The SMILES string of the molecule is CCc1cc(CC)n(-c2ccc(CO)cc2)n1. The second-order valence-corrected chi connectivity index (χ2v) is 4.07. The van der Waals surface area contributed by atoms with Crippen molar-refractivity contribution in [2.45, 2.75) is 33.3 Å². The number of rotatable bonds is 4. The van der Waals surface area contributed by atoms with Gasteiger partial charge in [-0.05, 0) is 36.6 Å². The highest BCUT2D eigenvalue weighted by Gasteiger charge is 2.06. The van der Waals surface area contributed by atoms with Crippen LogP contribution in [0, 0.1) is 0 Å². The van der Waals surface area contributed by atoms with Gasteiger partial charge in [0.25, 0.3) is 0 Å². The first-order valence-corrected chi connectivity index (χ1v) is 6.06. The van der Waals surface area contributed by atoms with Gasteiger partial charge in [-0.2, -0.15) is 5.10 Å². The Morgan fingerprint density at radius 3 is 2.35 bits per heavy atom. The molecule has 0 saturated carbocycles. The maximum absolute atomic E-state index is 9.02. The van der Waals surface area contributed by atoms with Crippen LogP contribution in [0.3, 0.4) is 0 Å². The molecular formula is C14H18N2O. The molecule has 0 aliphatic rings. The smallest absolute Gasteiger partial charge is 0.0681 e. The van der Waals surface area contributed by atoms with Gasteiger partial charge >= 0.3 is 0 Å². The second kappa shape index (κ2) is 5.15. The number of benzene rings is 1. The Bertz CT molecular complexity index is 485. The van der Waals surface area contributed by atoms with Crippen molar-refractivity contribution in [2.24, 2.45) is 0 Å². The van der Waals surface area contributed by atoms with Crippen molar-refractivity contribution in [3.05, 3.63) is 47.3 Å². The standard InChI is InChI=1S/C14H18N2O/c1-3-12-9-13(4-2)16(15-12)14-7-5-11(10-17)6-8-14/h5-9,17H,3-4,10H2,1-2H3. The summed E-state index contributed by atoms with van der Waals surface area (Å²) in [4.78, 5) is 0. The molecule has 2 aromatic rings. The first kappa shape index (κ1) is 11.9. The van der Waals surface area contributed by atoms with E-state index in [1.54, 1.807) is 0 Å². The lowest BCUT2D eigenvalue weighted by Crippen LogP contribution is -2.01. The van der Waals surface area contributed by atoms with Crippen LogP contribution in [0.15, 0.2) is 30.3 Å². The molecule has 0 atom stereocenters. The minimum atomic E-state index is 0.0836. The van der Waals surface area contributed by atoms with Gasteiger partial charge in [0, 0.05) is 5.69 Å². The third-order valence-electron chi connectivity index (χ3n) is 2.92. The molecule has 0 saturated heterocycles. The van der Waals surface area contributed by atoms with Crippen molar-refractivity contribution in [1.29, 1.82) is 0 Å². The van der Waals surface area contributed by atoms with E-state index in [1.807, 2.05) is 28.9 Å². The van der Waals surface area contributed by atoms with Gasteiger partial charge in [0.05, 0.1) is 18.0 Å². The van der Waals surface area contributed by atoms with E-state index >= 15 is 0 Å². The molecule has 1 heterocycles. The molecule has 3 heteroatoms. The summed E-state index contributed by atoms with van der Waals surface area (Å²) in [7, 11) is 0. The van der Waals surface area contributed by atoms with Crippen LogP contribution in [0.2, 0.25) is 0 Å². The quantitative estimate of drug-likeness (QED) is 0.876. The molecule has 0 spiro atoms. The maximum atomic E-state index is 9.02. The number of hydrogen-bond donors (Lipinski definition) is 1. The summed E-state index contributed by atoms with van der Waals surface area (Å²) in [5.74, 6) is 0. The monoisotopic (exact) mass is 230 g/mol. The lowest BCUT2D eigenvalue weighted by atomic mass is 10.2. The molecule has 0 bridgehead atoms. The summed E-state index contributed by atoms with van der Waals surface area (Å²) in [6, 6.07) is 10.0. The van der Waals surface area contributed by atoms with Crippen LogP contribution in [0.5, 0.6) is 0 Å². The van der Waals surface area contributed by atoms with Crippen LogP contribution in [0.1, 0.15) is 30.8 Å². The summed E-state index contributed by atoms with van der Waals surface area (Å²) in [5, 5.41) is 13.6. The average molecular weight is 230 g/mol. The van der Waals surface area contributed by atoms with E-state index in [1.165, 1.54) is 5.69 Å². The van der Waals surface area contributed by atoms with Gasteiger partial charge in [-0.3, -0.25) is 0 Å². The molecule has 1 aromatic carbocycles. The third-order valence-corrected chi connectivity index (χ3v) is 2.92. The Labute approximate surface area is 102 Å². The Kier molecular flexibility index (Phi) is 3.59. The van der Waals surface area contributed by atoms with Crippen molar-refractivity contribution in [3.8, 4) is 5.69 Å². The van der Waals surface area contributed by atoms with Gasteiger partial charge in [-0.15, -0.1) is 0 Å². The molecule has 1 aromatic heterocycles. The highest BCUT2D eigenvalue weighted by atomic mass is 16.3. The molecule has 0 aliphatic heterocycles. The van der Waals surface area contributed by atoms with Gasteiger partial charge in [-0.1, -0.05) is 26.0 Å². The summed E-state index contributed by atoms with van der Waals surface area (Å²) in [5.41, 5.74) is 4.32. The molecular weight excluding hydrogens is 212 g/mol. The van der Waals surface area contributed by atoms with Gasteiger partial charge in [0.15, 0.2) is 0 Å². The zero-order valence-electron chi connectivity index (χ0n) is 10.3. The Balaban J connectivity index is 2.40. The fourth-order valence-corrected chi connectivity index (χ4v) is 1.87. The largest absolute Gasteiger partial charge is 0.392 e. The van der Waals surface area contributed by atoms with Crippen molar-refractivity contribution < 1.29 is 5.11 Å². The van der Waals surface area contributed by atoms with E-state index in [-0.39, 0.29) is 6.61 Å². The van der Waals surface area contributed by atoms with E-state index in [0.29, 0.717) is 0 Å². The lowest BCUT2D eigenvalue weighted by Gasteiger charge is -2.06. The second-order valence-electron chi connectivity index (χ2n) is 4.07. The fourth-order valence-electron chi connectivity index (χ4n) is 1.87. The third kappa shape index (κ3) is 2.39. The van der Waals surface area contributed by atoms with Crippen LogP contribution in [-0.4, -0.2) is 14.9 Å². The number of aryl methyl sites for hydroxylation is 2. The normalized spacial score (nSPS) is 10.8. The molecule has 0 amide bonds. The van der Waals surface area contributed by atoms with E-state index in [0.717, 1.165) is 29.8 Å². The van der Waals surface area contributed by atoms with E-state index in [4.69, 9.17) is 5.11 Å². The molecule has 90 valence electrons. The molecule has 1 N–H and O–H groups in total. The minimum absolute atomic E-state index is 0.0836. The fraction of sp³-hybridized carbons (Fsp3) is 0.357. The Morgan fingerprint density at radius 1 is 1.12 bits per heavy atom. The lowest BCUT2D eigenvalue weighted by molar-refractivity contribution is 0.282. The summed E-state index contributed by atoms with van der Waals surface area (Å²) in [6.07, 6.45) is 1.92. The van der Waals surface area contributed by atoms with E-state index in [9.17, 15) is 0 Å². The van der Waals surface area contributed by atoms with Crippen molar-refractivity contribution in [1.82, 2.24) is 9.78 Å². The van der Waals surface area contributed by atoms with E-state index in [2.05, 4.69) is 25.0 Å². The Morgan fingerprint density at radius 2 is 1.82 bits per heavy atom. The minimum Gasteiger partial charge on any atom is -0.392 e. The highest BCUT2D eigenvalue weighted by Crippen LogP contribution is 2.14. The molecule has 0 fully saturated rings.